The number of carbonyl (C=O) groups is 1. The van der Waals surface area contributed by atoms with Crippen LogP contribution < -0.4 is 5.32 Å². The van der Waals surface area contributed by atoms with Crippen molar-refractivity contribution in [3.8, 4) is 5.69 Å². The fraction of sp³-hybridized carbons (Fsp3) is 0.0556. The Hall–Kier alpha value is -2.99. The minimum atomic E-state index is -0.169. The van der Waals surface area contributed by atoms with Crippen LogP contribution in [0.25, 0.3) is 15.9 Å². The Balaban J connectivity index is 1.55. The highest BCUT2D eigenvalue weighted by Crippen LogP contribution is 2.25. The van der Waals surface area contributed by atoms with Crippen LogP contribution in [0.5, 0.6) is 0 Å². The van der Waals surface area contributed by atoms with Gasteiger partial charge in [0.25, 0.3) is 5.91 Å². The van der Waals surface area contributed by atoms with Crippen molar-refractivity contribution < 1.29 is 4.79 Å². The molecule has 118 valence electrons. The second kappa shape index (κ2) is 5.90. The van der Waals surface area contributed by atoms with Crippen LogP contribution in [0.2, 0.25) is 0 Å². The predicted molar refractivity (Wildman–Crippen MR) is 95.9 cm³/mol. The molecule has 1 amide bonds. The smallest absolute Gasteiger partial charge is 0.257 e. The largest absolute Gasteiger partial charge is 0.298 e. The molecule has 0 saturated carbocycles. The summed E-state index contributed by atoms with van der Waals surface area (Å²) in [7, 11) is 0. The van der Waals surface area contributed by atoms with E-state index < -0.39 is 0 Å². The third-order valence-corrected chi connectivity index (χ3v) is 4.67. The Bertz CT molecular complexity index is 984. The molecule has 0 saturated heterocycles. The van der Waals surface area contributed by atoms with E-state index in [1.54, 1.807) is 18.3 Å². The summed E-state index contributed by atoms with van der Waals surface area (Å²) in [5.41, 5.74) is 3.45. The summed E-state index contributed by atoms with van der Waals surface area (Å²) in [4.78, 5) is 16.8. The molecule has 0 radical (unpaired) electrons. The van der Waals surface area contributed by atoms with Gasteiger partial charge in [0, 0.05) is 17.5 Å². The third kappa shape index (κ3) is 2.68. The van der Waals surface area contributed by atoms with E-state index in [0.29, 0.717) is 10.7 Å². The first-order chi connectivity index (χ1) is 11.7. The fourth-order valence-electron chi connectivity index (χ4n) is 2.49. The van der Waals surface area contributed by atoms with Crippen molar-refractivity contribution in [1.29, 1.82) is 0 Å². The number of rotatable bonds is 3. The molecule has 4 aromatic rings. The molecule has 0 spiro atoms. The quantitative estimate of drug-likeness (QED) is 0.615. The molecule has 0 fully saturated rings. The molecule has 1 N–H and O–H groups in total. The molecule has 4 rings (SSSR count). The van der Waals surface area contributed by atoms with Gasteiger partial charge in [-0.05, 0) is 49.4 Å². The van der Waals surface area contributed by atoms with Gasteiger partial charge in [-0.2, -0.15) is 5.10 Å². The lowest BCUT2D eigenvalue weighted by Crippen LogP contribution is -2.11. The van der Waals surface area contributed by atoms with Crippen LogP contribution in [0, 0.1) is 6.92 Å². The lowest BCUT2D eigenvalue weighted by Gasteiger charge is -2.06. The van der Waals surface area contributed by atoms with E-state index in [1.165, 1.54) is 11.3 Å². The number of benzene rings is 2. The van der Waals surface area contributed by atoms with E-state index in [2.05, 4.69) is 15.4 Å². The molecule has 0 bridgehead atoms. The van der Waals surface area contributed by atoms with E-state index >= 15 is 0 Å². The highest BCUT2D eigenvalue weighted by atomic mass is 32.1. The zero-order chi connectivity index (χ0) is 16.5. The number of anilines is 1. The minimum Gasteiger partial charge on any atom is -0.298 e. The standard InChI is InChI=1S/C18H14N4OS/c1-12-10-11-19-22(12)14-8-6-13(7-9-14)17(23)21-18-20-15-4-2-3-5-16(15)24-18/h2-11H,1H3,(H,20,21,23). The topological polar surface area (TPSA) is 59.8 Å². The van der Waals surface area contributed by atoms with Crippen molar-refractivity contribution in [2.45, 2.75) is 6.92 Å². The molecule has 2 aromatic heterocycles. The van der Waals surface area contributed by atoms with Crippen molar-refractivity contribution in [2.75, 3.05) is 5.32 Å². The molecule has 0 atom stereocenters. The van der Waals surface area contributed by atoms with Gasteiger partial charge in [0.2, 0.25) is 0 Å². The summed E-state index contributed by atoms with van der Waals surface area (Å²) >= 11 is 1.47. The average Bonchev–Trinajstić information content (AvgIpc) is 3.20. The Labute approximate surface area is 142 Å². The van der Waals surface area contributed by atoms with Gasteiger partial charge in [-0.25, -0.2) is 9.67 Å². The van der Waals surface area contributed by atoms with E-state index in [1.807, 2.05) is 54.1 Å². The number of aromatic nitrogens is 3. The van der Waals surface area contributed by atoms with E-state index in [-0.39, 0.29) is 5.91 Å². The molecule has 0 aliphatic heterocycles. The molecule has 5 nitrogen and oxygen atoms in total. The zero-order valence-corrected chi connectivity index (χ0v) is 13.7. The summed E-state index contributed by atoms with van der Waals surface area (Å²) in [5.74, 6) is -0.169. The Morgan fingerprint density at radius 2 is 1.88 bits per heavy atom. The first-order valence-electron chi connectivity index (χ1n) is 7.49. The van der Waals surface area contributed by atoms with Crippen LogP contribution >= 0.6 is 11.3 Å². The van der Waals surface area contributed by atoms with Crippen LogP contribution in [0.1, 0.15) is 16.1 Å². The fourth-order valence-corrected chi connectivity index (χ4v) is 3.35. The van der Waals surface area contributed by atoms with Gasteiger partial charge < -0.3 is 0 Å². The first-order valence-corrected chi connectivity index (χ1v) is 8.30. The first kappa shape index (κ1) is 14.6. The highest BCUT2D eigenvalue weighted by Gasteiger charge is 2.10. The number of aryl methyl sites for hydroxylation is 1. The second-order valence-corrected chi connectivity index (χ2v) is 6.40. The molecule has 0 aliphatic rings. The zero-order valence-electron chi connectivity index (χ0n) is 12.9. The Morgan fingerprint density at radius 3 is 2.58 bits per heavy atom. The van der Waals surface area contributed by atoms with Crippen LogP contribution in [-0.2, 0) is 0 Å². The summed E-state index contributed by atoms with van der Waals surface area (Å²) in [6.07, 6.45) is 1.75. The maximum Gasteiger partial charge on any atom is 0.257 e. The van der Waals surface area contributed by atoms with Crippen LogP contribution in [0.15, 0.2) is 60.8 Å². The van der Waals surface area contributed by atoms with E-state index in [4.69, 9.17) is 0 Å². The van der Waals surface area contributed by atoms with Gasteiger partial charge in [0.1, 0.15) is 0 Å². The number of amides is 1. The number of thiazole rings is 1. The number of carbonyl (C=O) groups excluding carboxylic acids is 1. The number of nitrogens with zero attached hydrogens (tertiary/aromatic N) is 3. The molecule has 2 aromatic carbocycles. The molecular formula is C18H14N4OS. The molecule has 24 heavy (non-hydrogen) atoms. The summed E-state index contributed by atoms with van der Waals surface area (Å²) in [6.45, 7) is 1.99. The number of nitrogens with one attached hydrogen (secondary N) is 1. The number of fused-ring (bicyclic) bond motifs is 1. The van der Waals surface area contributed by atoms with Crippen molar-refractivity contribution in [1.82, 2.24) is 14.8 Å². The second-order valence-electron chi connectivity index (χ2n) is 5.37. The normalized spacial score (nSPS) is 10.9. The van der Waals surface area contributed by atoms with Gasteiger partial charge in [-0.3, -0.25) is 10.1 Å². The van der Waals surface area contributed by atoms with Gasteiger partial charge >= 0.3 is 0 Å². The van der Waals surface area contributed by atoms with Crippen molar-refractivity contribution in [3.05, 3.63) is 72.1 Å². The number of hydrogen-bond acceptors (Lipinski definition) is 4. The van der Waals surface area contributed by atoms with Gasteiger partial charge in [-0.15, -0.1) is 0 Å². The van der Waals surface area contributed by atoms with Crippen LogP contribution in [-0.4, -0.2) is 20.7 Å². The predicted octanol–water partition coefficient (Wildman–Crippen LogP) is 4.04. The third-order valence-electron chi connectivity index (χ3n) is 3.72. The highest BCUT2D eigenvalue weighted by molar-refractivity contribution is 7.22. The Kier molecular flexibility index (Phi) is 3.59. The minimum absolute atomic E-state index is 0.169. The number of hydrogen-bond donors (Lipinski definition) is 1. The SMILES string of the molecule is Cc1ccnn1-c1ccc(C(=O)Nc2nc3ccccc3s2)cc1. The maximum absolute atomic E-state index is 12.4. The summed E-state index contributed by atoms with van der Waals surface area (Å²) < 4.78 is 2.88. The van der Waals surface area contributed by atoms with Crippen LogP contribution in [0.3, 0.4) is 0 Å². The number of para-hydroxylation sites is 1. The van der Waals surface area contributed by atoms with Crippen LogP contribution in [0.4, 0.5) is 5.13 Å². The Morgan fingerprint density at radius 1 is 1.08 bits per heavy atom. The molecule has 2 heterocycles. The molecule has 0 unspecified atom stereocenters. The lowest BCUT2D eigenvalue weighted by atomic mass is 10.2. The van der Waals surface area contributed by atoms with Gasteiger partial charge in [0.15, 0.2) is 5.13 Å². The van der Waals surface area contributed by atoms with Gasteiger partial charge in [-0.1, -0.05) is 23.5 Å². The summed E-state index contributed by atoms with van der Waals surface area (Å²) in [6, 6.07) is 17.1. The van der Waals surface area contributed by atoms with Crippen molar-refractivity contribution in [3.63, 3.8) is 0 Å². The molecule has 0 aliphatic carbocycles. The monoisotopic (exact) mass is 334 g/mol. The van der Waals surface area contributed by atoms with Crippen molar-refractivity contribution >= 4 is 32.6 Å². The lowest BCUT2D eigenvalue weighted by molar-refractivity contribution is 0.102. The maximum atomic E-state index is 12.4. The van der Waals surface area contributed by atoms with Crippen molar-refractivity contribution in [2.24, 2.45) is 0 Å². The molecular weight excluding hydrogens is 320 g/mol. The average molecular weight is 334 g/mol. The summed E-state index contributed by atoms with van der Waals surface area (Å²) in [5, 5.41) is 7.72. The van der Waals surface area contributed by atoms with E-state index in [0.717, 1.165) is 21.6 Å². The van der Waals surface area contributed by atoms with Gasteiger partial charge in [0.05, 0.1) is 15.9 Å². The molecule has 6 heteroatoms. The van der Waals surface area contributed by atoms with E-state index in [9.17, 15) is 4.79 Å².